The van der Waals surface area contributed by atoms with Gasteiger partial charge in [-0.25, -0.2) is 4.79 Å². The van der Waals surface area contributed by atoms with Crippen LogP contribution in [0.1, 0.15) is 56.5 Å². The quantitative estimate of drug-likeness (QED) is 0.447. The van der Waals surface area contributed by atoms with Crippen LogP contribution in [-0.2, 0) is 16.0 Å². The van der Waals surface area contributed by atoms with E-state index in [2.05, 4.69) is 0 Å². The summed E-state index contributed by atoms with van der Waals surface area (Å²) >= 11 is 0. The standard InChI is InChI=1S/C21H28N2O6/c1-6-23-15(4)18(14(3)19(23)21(26)28-7-2)16(24)13-22(10-12-27-5)20(25)17-9-8-11-29-17/h8-9,11H,6-7,10,12-13H2,1-5H3. The number of nitrogens with zero attached hydrogens (tertiary/aromatic N) is 2. The van der Waals surface area contributed by atoms with Crippen LogP contribution in [0.5, 0.6) is 0 Å². The Morgan fingerprint density at radius 3 is 2.48 bits per heavy atom. The number of carbonyl (C=O) groups excluding carboxylic acids is 3. The van der Waals surface area contributed by atoms with Crippen molar-refractivity contribution in [1.29, 1.82) is 0 Å². The number of methoxy groups -OCH3 is 1. The van der Waals surface area contributed by atoms with Crippen molar-refractivity contribution in [2.45, 2.75) is 34.2 Å². The van der Waals surface area contributed by atoms with E-state index >= 15 is 0 Å². The van der Waals surface area contributed by atoms with Gasteiger partial charge in [0.2, 0.25) is 0 Å². The van der Waals surface area contributed by atoms with Crippen LogP contribution in [-0.4, -0.2) is 60.5 Å². The van der Waals surface area contributed by atoms with Gasteiger partial charge in [-0.05, 0) is 45.4 Å². The summed E-state index contributed by atoms with van der Waals surface area (Å²) in [6, 6.07) is 3.17. The Hall–Kier alpha value is -2.87. The molecule has 2 aromatic heterocycles. The van der Waals surface area contributed by atoms with Crippen LogP contribution >= 0.6 is 0 Å². The van der Waals surface area contributed by atoms with Crippen molar-refractivity contribution in [3.63, 3.8) is 0 Å². The summed E-state index contributed by atoms with van der Waals surface area (Å²) in [7, 11) is 1.53. The second-order valence-electron chi connectivity index (χ2n) is 6.52. The highest BCUT2D eigenvalue weighted by molar-refractivity contribution is 6.05. The molecule has 0 aliphatic heterocycles. The lowest BCUT2D eigenvalue weighted by Crippen LogP contribution is -2.38. The fourth-order valence-electron chi connectivity index (χ4n) is 3.43. The first-order chi connectivity index (χ1) is 13.9. The molecule has 0 fully saturated rings. The molecule has 0 unspecified atom stereocenters. The molecule has 0 spiro atoms. The van der Waals surface area contributed by atoms with Gasteiger partial charge < -0.3 is 23.4 Å². The molecule has 2 heterocycles. The van der Waals surface area contributed by atoms with E-state index in [0.29, 0.717) is 29.1 Å². The van der Waals surface area contributed by atoms with Crippen molar-refractivity contribution in [2.75, 3.05) is 33.4 Å². The average Bonchev–Trinajstić information content (AvgIpc) is 3.30. The minimum Gasteiger partial charge on any atom is -0.461 e. The Kier molecular flexibility index (Phi) is 7.78. The first kappa shape index (κ1) is 22.4. The molecule has 0 N–H and O–H groups in total. The van der Waals surface area contributed by atoms with Crippen LogP contribution in [0.2, 0.25) is 0 Å². The predicted octanol–water partition coefficient (Wildman–Crippen LogP) is 2.87. The molecule has 8 nitrogen and oxygen atoms in total. The van der Waals surface area contributed by atoms with Crippen LogP contribution in [0.25, 0.3) is 0 Å². The average molecular weight is 404 g/mol. The summed E-state index contributed by atoms with van der Waals surface area (Å²) in [4.78, 5) is 39.7. The lowest BCUT2D eigenvalue weighted by molar-refractivity contribution is 0.0512. The van der Waals surface area contributed by atoms with Crippen molar-refractivity contribution in [3.8, 4) is 0 Å². The zero-order valence-electron chi connectivity index (χ0n) is 17.6. The Labute approximate surface area is 170 Å². The van der Waals surface area contributed by atoms with Gasteiger partial charge in [-0.2, -0.15) is 0 Å². The van der Waals surface area contributed by atoms with Gasteiger partial charge in [0.25, 0.3) is 5.91 Å². The number of amides is 1. The monoisotopic (exact) mass is 404 g/mol. The number of aromatic nitrogens is 1. The molecule has 0 saturated heterocycles. The fraction of sp³-hybridized carbons (Fsp3) is 0.476. The van der Waals surface area contributed by atoms with Gasteiger partial charge >= 0.3 is 5.97 Å². The van der Waals surface area contributed by atoms with E-state index in [9.17, 15) is 14.4 Å². The highest BCUT2D eigenvalue weighted by Gasteiger charge is 2.29. The van der Waals surface area contributed by atoms with E-state index in [1.807, 2.05) is 6.92 Å². The minimum atomic E-state index is -0.461. The first-order valence-electron chi connectivity index (χ1n) is 9.58. The molecule has 0 saturated carbocycles. The van der Waals surface area contributed by atoms with Crippen LogP contribution < -0.4 is 0 Å². The van der Waals surface area contributed by atoms with Crippen LogP contribution in [0.15, 0.2) is 22.8 Å². The number of ether oxygens (including phenoxy) is 2. The third kappa shape index (κ3) is 4.76. The number of ketones is 1. The van der Waals surface area contributed by atoms with Crippen molar-refractivity contribution >= 4 is 17.7 Å². The fourth-order valence-corrected chi connectivity index (χ4v) is 3.43. The van der Waals surface area contributed by atoms with Gasteiger partial charge in [0.05, 0.1) is 26.0 Å². The molecule has 2 rings (SSSR count). The lowest BCUT2D eigenvalue weighted by atomic mass is 10.0. The number of hydrogen-bond acceptors (Lipinski definition) is 6. The molecule has 8 heteroatoms. The maximum absolute atomic E-state index is 13.2. The number of Topliss-reactive ketones (excluding diaryl/α,β-unsaturated/α-hetero) is 1. The summed E-state index contributed by atoms with van der Waals surface area (Å²) in [6.45, 7) is 8.28. The Morgan fingerprint density at radius 1 is 1.21 bits per heavy atom. The largest absolute Gasteiger partial charge is 0.461 e. The SMILES string of the molecule is CCOC(=O)c1c(C)c(C(=O)CN(CCOC)C(=O)c2ccco2)c(C)n1CC. The van der Waals surface area contributed by atoms with Gasteiger partial charge in [-0.15, -0.1) is 0 Å². The van der Waals surface area contributed by atoms with Crippen LogP contribution in [0.3, 0.4) is 0 Å². The minimum absolute atomic E-state index is 0.152. The van der Waals surface area contributed by atoms with Gasteiger partial charge in [0, 0.05) is 31.5 Å². The summed E-state index contributed by atoms with van der Waals surface area (Å²) in [6.07, 6.45) is 1.41. The van der Waals surface area contributed by atoms with Crippen LogP contribution in [0.4, 0.5) is 0 Å². The third-order valence-corrected chi connectivity index (χ3v) is 4.75. The van der Waals surface area contributed by atoms with Gasteiger partial charge in [0.1, 0.15) is 5.69 Å². The summed E-state index contributed by atoms with van der Waals surface area (Å²) < 4.78 is 17.2. The Bertz CT molecular complexity index is 866. The molecule has 2 aromatic rings. The smallest absolute Gasteiger partial charge is 0.355 e. The second-order valence-corrected chi connectivity index (χ2v) is 6.52. The number of furan rings is 1. The van der Waals surface area contributed by atoms with E-state index in [0.717, 1.165) is 0 Å². The molecule has 0 radical (unpaired) electrons. The Balaban J connectivity index is 2.36. The molecule has 1 amide bonds. The highest BCUT2D eigenvalue weighted by atomic mass is 16.5. The molecule has 29 heavy (non-hydrogen) atoms. The lowest BCUT2D eigenvalue weighted by Gasteiger charge is -2.20. The second kappa shape index (κ2) is 10.1. The van der Waals surface area contributed by atoms with E-state index < -0.39 is 11.9 Å². The van der Waals surface area contributed by atoms with Crippen LogP contribution in [0, 0.1) is 13.8 Å². The zero-order valence-corrected chi connectivity index (χ0v) is 17.6. The molecule has 0 atom stereocenters. The van der Waals surface area contributed by atoms with Gasteiger partial charge in [-0.3, -0.25) is 9.59 Å². The summed E-state index contributed by atoms with van der Waals surface area (Å²) in [5.74, 6) is -0.956. The molecule has 0 aliphatic carbocycles. The molecule has 0 aromatic carbocycles. The Morgan fingerprint density at radius 2 is 1.93 bits per heavy atom. The predicted molar refractivity (Wildman–Crippen MR) is 106 cm³/mol. The van der Waals surface area contributed by atoms with Crippen molar-refractivity contribution < 1.29 is 28.3 Å². The number of hydrogen-bond donors (Lipinski definition) is 0. The van der Waals surface area contributed by atoms with E-state index in [1.165, 1.54) is 18.3 Å². The zero-order chi connectivity index (χ0) is 21.6. The molecule has 158 valence electrons. The van der Waals surface area contributed by atoms with Crippen molar-refractivity contribution in [1.82, 2.24) is 9.47 Å². The molecular formula is C21H28N2O6. The molecular weight excluding hydrogens is 376 g/mol. The maximum atomic E-state index is 13.2. The molecule has 0 aliphatic rings. The van der Waals surface area contributed by atoms with E-state index in [4.69, 9.17) is 13.9 Å². The maximum Gasteiger partial charge on any atom is 0.355 e. The van der Waals surface area contributed by atoms with Crippen molar-refractivity contribution in [2.24, 2.45) is 0 Å². The van der Waals surface area contributed by atoms with Gasteiger partial charge in [-0.1, -0.05) is 0 Å². The first-order valence-corrected chi connectivity index (χ1v) is 9.58. The van der Waals surface area contributed by atoms with Crippen molar-refractivity contribution in [3.05, 3.63) is 46.7 Å². The highest BCUT2D eigenvalue weighted by Crippen LogP contribution is 2.24. The number of esters is 1. The third-order valence-electron chi connectivity index (χ3n) is 4.75. The topological polar surface area (TPSA) is 91.0 Å². The number of carbonyl (C=O) groups is 3. The van der Waals surface area contributed by atoms with E-state index in [-0.39, 0.29) is 37.8 Å². The number of rotatable bonds is 10. The summed E-state index contributed by atoms with van der Waals surface area (Å²) in [5, 5.41) is 0. The summed E-state index contributed by atoms with van der Waals surface area (Å²) in [5.41, 5.74) is 2.04. The van der Waals surface area contributed by atoms with E-state index in [1.54, 1.807) is 37.5 Å². The van der Waals surface area contributed by atoms with Gasteiger partial charge in [0.15, 0.2) is 11.5 Å². The normalized spacial score (nSPS) is 10.8. The molecule has 0 bridgehead atoms.